The fourth-order valence-electron chi connectivity index (χ4n) is 3.73. The molecule has 0 saturated carbocycles. The SMILES string of the molecule is Cc1nn(C)c(-c2cnc(CN3CCCC3)[nH]2)c1C(=O)c1ccccc1Cl. The molecule has 1 aromatic carbocycles. The Hall–Kier alpha value is -2.44. The number of carbonyl (C=O) groups excluding carboxylic acids is 1. The van der Waals surface area contributed by atoms with E-state index in [0.717, 1.165) is 36.8 Å². The molecule has 1 fully saturated rings. The molecule has 3 aromatic rings. The first kappa shape index (κ1) is 17.9. The number of ketones is 1. The molecule has 0 unspecified atom stereocenters. The van der Waals surface area contributed by atoms with Crippen molar-refractivity contribution in [2.45, 2.75) is 26.3 Å². The van der Waals surface area contributed by atoms with Gasteiger partial charge in [0.1, 0.15) is 5.82 Å². The smallest absolute Gasteiger partial charge is 0.198 e. The number of H-pyrrole nitrogens is 1. The average Bonchev–Trinajstić information content (AvgIpc) is 3.36. The number of carbonyl (C=O) groups is 1. The van der Waals surface area contributed by atoms with Crippen LogP contribution in [-0.4, -0.2) is 43.5 Å². The lowest BCUT2D eigenvalue weighted by Crippen LogP contribution is -2.19. The van der Waals surface area contributed by atoms with E-state index >= 15 is 0 Å². The van der Waals surface area contributed by atoms with Gasteiger partial charge in [-0.15, -0.1) is 0 Å². The van der Waals surface area contributed by atoms with E-state index in [4.69, 9.17) is 11.6 Å². The summed E-state index contributed by atoms with van der Waals surface area (Å²) in [5.74, 6) is 0.777. The van der Waals surface area contributed by atoms with Gasteiger partial charge in [-0.2, -0.15) is 5.10 Å². The number of nitrogens with one attached hydrogen (secondary N) is 1. The zero-order valence-corrected chi connectivity index (χ0v) is 16.3. The Morgan fingerprint density at radius 1 is 1.26 bits per heavy atom. The molecule has 6 nitrogen and oxygen atoms in total. The maximum atomic E-state index is 13.2. The average molecular weight is 384 g/mol. The molecule has 7 heteroatoms. The number of benzene rings is 1. The molecule has 1 N–H and O–H groups in total. The van der Waals surface area contributed by atoms with Crippen LogP contribution < -0.4 is 0 Å². The van der Waals surface area contributed by atoms with Gasteiger partial charge >= 0.3 is 0 Å². The van der Waals surface area contributed by atoms with E-state index in [2.05, 4.69) is 20.0 Å². The summed E-state index contributed by atoms with van der Waals surface area (Å²) in [5, 5.41) is 4.91. The van der Waals surface area contributed by atoms with Crippen molar-refractivity contribution < 1.29 is 4.79 Å². The number of aromatic nitrogens is 4. The van der Waals surface area contributed by atoms with E-state index in [9.17, 15) is 4.79 Å². The van der Waals surface area contributed by atoms with Crippen molar-refractivity contribution in [3.05, 3.63) is 58.1 Å². The Kier molecular flexibility index (Phi) is 4.85. The van der Waals surface area contributed by atoms with E-state index < -0.39 is 0 Å². The fourth-order valence-corrected chi connectivity index (χ4v) is 3.96. The molecule has 4 rings (SSSR count). The molecule has 1 aliphatic heterocycles. The number of rotatable bonds is 5. The number of aryl methyl sites for hydroxylation is 2. The minimum absolute atomic E-state index is 0.128. The number of hydrogen-bond donors (Lipinski definition) is 1. The maximum absolute atomic E-state index is 13.2. The van der Waals surface area contributed by atoms with Crippen LogP contribution in [0.15, 0.2) is 30.5 Å². The molecule has 2 aromatic heterocycles. The van der Waals surface area contributed by atoms with Crippen LogP contribution >= 0.6 is 11.6 Å². The van der Waals surface area contributed by atoms with E-state index in [-0.39, 0.29) is 5.78 Å². The van der Waals surface area contributed by atoms with E-state index in [1.165, 1.54) is 12.8 Å². The fraction of sp³-hybridized carbons (Fsp3) is 0.350. The lowest BCUT2D eigenvalue weighted by Gasteiger charge is -2.11. The molecule has 1 aliphatic rings. The van der Waals surface area contributed by atoms with E-state index in [1.807, 2.05) is 26.1 Å². The summed E-state index contributed by atoms with van der Waals surface area (Å²) in [6.07, 6.45) is 4.27. The molecule has 0 spiro atoms. The normalized spacial score (nSPS) is 14.8. The molecule has 0 amide bonds. The molecule has 1 saturated heterocycles. The van der Waals surface area contributed by atoms with Crippen LogP contribution in [0.2, 0.25) is 5.02 Å². The molecule has 3 heterocycles. The third-order valence-electron chi connectivity index (χ3n) is 5.02. The molecule has 0 aliphatic carbocycles. The Labute approximate surface area is 163 Å². The number of likely N-dealkylation sites (tertiary alicyclic amines) is 1. The van der Waals surface area contributed by atoms with E-state index in [0.29, 0.717) is 21.8 Å². The van der Waals surface area contributed by atoms with Crippen LogP contribution in [0.3, 0.4) is 0 Å². The van der Waals surface area contributed by atoms with Gasteiger partial charge in [0.2, 0.25) is 0 Å². The second-order valence-electron chi connectivity index (χ2n) is 6.97. The Morgan fingerprint density at radius 2 is 2.00 bits per heavy atom. The Morgan fingerprint density at radius 3 is 2.74 bits per heavy atom. The van der Waals surface area contributed by atoms with Crippen LogP contribution in [0.1, 0.15) is 40.3 Å². The highest BCUT2D eigenvalue weighted by Crippen LogP contribution is 2.29. The zero-order chi connectivity index (χ0) is 19.0. The number of nitrogens with zero attached hydrogens (tertiary/aromatic N) is 4. The summed E-state index contributed by atoms with van der Waals surface area (Å²) in [5.41, 5.74) is 3.24. The van der Waals surface area contributed by atoms with Gasteiger partial charge in [0, 0.05) is 12.6 Å². The standard InChI is InChI=1S/C20H22ClN5O/c1-13-18(20(27)14-7-3-4-8-15(14)21)19(25(2)24-13)16-11-22-17(23-16)12-26-9-5-6-10-26/h3-4,7-8,11H,5-6,9-10,12H2,1-2H3,(H,22,23). The first-order valence-corrected chi connectivity index (χ1v) is 9.52. The highest BCUT2D eigenvalue weighted by atomic mass is 35.5. The first-order chi connectivity index (χ1) is 13.0. The van der Waals surface area contributed by atoms with Crippen molar-refractivity contribution in [2.75, 3.05) is 13.1 Å². The van der Waals surface area contributed by atoms with Crippen molar-refractivity contribution in [1.29, 1.82) is 0 Å². The van der Waals surface area contributed by atoms with Gasteiger partial charge in [-0.3, -0.25) is 14.4 Å². The number of hydrogen-bond acceptors (Lipinski definition) is 4. The van der Waals surface area contributed by atoms with Crippen molar-refractivity contribution in [1.82, 2.24) is 24.6 Å². The second-order valence-corrected chi connectivity index (χ2v) is 7.38. The van der Waals surface area contributed by atoms with Crippen molar-refractivity contribution in [2.24, 2.45) is 7.05 Å². The number of imidazole rings is 1. The summed E-state index contributed by atoms with van der Waals surface area (Å²) in [6.45, 7) is 4.86. The maximum Gasteiger partial charge on any atom is 0.198 e. The minimum atomic E-state index is -0.128. The quantitative estimate of drug-likeness (QED) is 0.683. The van der Waals surface area contributed by atoms with Gasteiger partial charge in [-0.25, -0.2) is 4.98 Å². The molecule has 0 atom stereocenters. The van der Waals surface area contributed by atoms with Crippen molar-refractivity contribution in [3.63, 3.8) is 0 Å². The monoisotopic (exact) mass is 383 g/mol. The number of aromatic amines is 1. The Bertz CT molecular complexity index is 984. The third kappa shape index (κ3) is 3.42. The minimum Gasteiger partial charge on any atom is -0.340 e. The Balaban J connectivity index is 1.71. The summed E-state index contributed by atoms with van der Waals surface area (Å²) >= 11 is 6.25. The largest absolute Gasteiger partial charge is 0.340 e. The van der Waals surface area contributed by atoms with Crippen LogP contribution in [0.25, 0.3) is 11.4 Å². The second kappa shape index (κ2) is 7.29. The molecule has 0 bridgehead atoms. The molecule has 140 valence electrons. The van der Waals surface area contributed by atoms with Gasteiger partial charge in [-0.1, -0.05) is 23.7 Å². The van der Waals surface area contributed by atoms with Crippen LogP contribution in [-0.2, 0) is 13.6 Å². The topological polar surface area (TPSA) is 66.8 Å². The summed E-state index contributed by atoms with van der Waals surface area (Å²) in [4.78, 5) is 23.5. The lowest BCUT2D eigenvalue weighted by molar-refractivity contribution is 0.103. The van der Waals surface area contributed by atoms with Crippen LogP contribution in [0.5, 0.6) is 0 Å². The zero-order valence-electron chi connectivity index (χ0n) is 15.5. The highest BCUT2D eigenvalue weighted by molar-refractivity contribution is 6.35. The van der Waals surface area contributed by atoms with Crippen molar-refractivity contribution >= 4 is 17.4 Å². The molecular formula is C20H22ClN5O. The van der Waals surface area contributed by atoms with Crippen LogP contribution in [0, 0.1) is 6.92 Å². The van der Waals surface area contributed by atoms with Gasteiger partial charge in [0.15, 0.2) is 5.78 Å². The van der Waals surface area contributed by atoms with Gasteiger partial charge in [0.25, 0.3) is 0 Å². The van der Waals surface area contributed by atoms with Crippen LogP contribution in [0.4, 0.5) is 0 Å². The van der Waals surface area contributed by atoms with Gasteiger partial charge in [-0.05, 0) is 45.0 Å². The lowest BCUT2D eigenvalue weighted by atomic mass is 10.00. The first-order valence-electron chi connectivity index (χ1n) is 9.14. The summed E-state index contributed by atoms with van der Waals surface area (Å²) in [6, 6.07) is 7.10. The summed E-state index contributed by atoms with van der Waals surface area (Å²) < 4.78 is 1.73. The molecule has 27 heavy (non-hydrogen) atoms. The van der Waals surface area contributed by atoms with Gasteiger partial charge in [0.05, 0.1) is 40.4 Å². The third-order valence-corrected chi connectivity index (χ3v) is 5.35. The summed E-state index contributed by atoms with van der Waals surface area (Å²) in [7, 11) is 1.84. The predicted molar refractivity (Wildman–Crippen MR) is 105 cm³/mol. The van der Waals surface area contributed by atoms with Crippen molar-refractivity contribution in [3.8, 4) is 11.4 Å². The molecule has 0 radical (unpaired) electrons. The van der Waals surface area contributed by atoms with Gasteiger partial charge < -0.3 is 4.98 Å². The number of halogens is 1. The highest BCUT2D eigenvalue weighted by Gasteiger charge is 2.25. The predicted octanol–water partition coefficient (Wildman–Crippen LogP) is 3.60. The van der Waals surface area contributed by atoms with E-state index in [1.54, 1.807) is 23.0 Å². The molecular weight excluding hydrogens is 362 g/mol.